The standard InChI is InChI=1S/C16H16F5N3O/c1-3-4-5-6-22-7-9-8(2)23-24(16(9)25)15-13(20)11(18)10(17)12(19)14(15)21/h7,23H,3-6H2,1-2H3. The van der Waals surface area contributed by atoms with E-state index in [2.05, 4.69) is 10.1 Å². The van der Waals surface area contributed by atoms with Crippen LogP contribution in [0.4, 0.5) is 22.0 Å². The number of aromatic nitrogens is 2. The van der Waals surface area contributed by atoms with Crippen molar-refractivity contribution in [3.8, 4) is 5.69 Å². The topological polar surface area (TPSA) is 50.1 Å². The summed E-state index contributed by atoms with van der Waals surface area (Å²) in [5.41, 5.74) is -2.14. The Morgan fingerprint density at radius 1 is 1.00 bits per heavy atom. The lowest BCUT2D eigenvalue weighted by molar-refractivity contribution is 0.373. The zero-order valence-electron chi connectivity index (χ0n) is 13.6. The van der Waals surface area contributed by atoms with E-state index in [1.54, 1.807) is 0 Å². The number of benzene rings is 1. The lowest BCUT2D eigenvalue weighted by Gasteiger charge is -2.08. The van der Waals surface area contributed by atoms with Crippen LogP contribution in [0.1, 0.15) is 37.4 Å². The van der Waals surface area contributed by atoms with Crippen LogP contribution in [0, 0.1) is 36.0 Å². The first-order chi connectivity index (χ1) is 11.8. The first-order valence-electron chi connectivity index (χ1n) is 7.64. The van der Waals surface area contributed by atoms with Gasteiger partial charge in [0.05, 0.1) is 5.56 Å². The molecule has 0 unspecified atom stereocenters. The summed E-state index contributed by atoms with van der Waals surface area (Å²) in [6.07, 6.45) is 3.98. The molecule has 0 aliphatic carbocycles. The highest BCUT2D eigenvalue weighted by Gasteiger charge is 2.28. The van der Waals surface area contributed by atoms with Gasteiger partial charge in [-0.05, 0) is 13.3 Å². The van der Waals surface area contributed by atoms with Crippen LogP contribution in [-0.2, 0) is 0 Å². The fraction of sp³-hybridized carbons (Fsp3) is 0.375. The number of aliphatic imine (C=N–C) groups is 1. The molecule has 1 N–H and O–H groups in total. The number of halogens is 5. The minimum atomic E-state index is -2.28. The van der Waals surface area contributed by atoms with Gasteiger partial charge in [0, 0.05) is 18.5 Å². The average Bonchev–Trinajstić information content (AvgIpc) is 2.86. The van der Waals surface area contributed by atoms with Crippen LogP contribution in [0.2, 0.25) is 0 Å². The molecule has 2 rings (SSSR count). The number of hydrogen-bond donors (Lipinski definition) is 1. The summed E-state index contributed by atoms with van der Waals surface area (Å²) in [7, 11) is 0. The second kappa shape index (κ2) is 7.62. The molecular formula is C16H16F5N3O. The Kier molecular flexibility index (Phi) is 5.76. The number of nitrogens with zero attached hydrogens (tertiary/aromatic N) is 2. The Bertz CT molecular complexity index is 841. The molecule has 1 heterocycles. The zero-order chi connectivity index (χ0) is 18.7. The van der Waals surface area contributed by atoms with Gasteiger partial charge in [-0.25, -0.2) is 26.6 Å². The first kappa shape index (κ1) is 18.9. The average molecular weight is 361 g/mol. The summed E-state index contributed by atoms with van der Waals surface area (Å²) in [6, 6.07) is 0. The zero-order valence-corrected chi connectivity index (χ0v) is 13.6. The van der Waals surface area contributed by atoms with Crippen molar-refractivity contribution in [2.75, 3.05) is 6.54 Å². The third-order valence-corrected chi connectivity index (χ3v) is 3.64. The third-order valence-electron chi connectivity index (χ3n) is 3.64. The molecule has 0 atom stereocenters. The van der Waals surface area contributed by atoms with Gasteiger partial charge < -0.3 is 0 Å². The number of nitrogens with one attached hydrogen (secondary N) is 1. The molecule has 0 saturated carbocycles. The largest absolute Gasteiger partial charge is 0.294 e. The Balaban J connectivity index is 2.50. The first-order valence-corrected chi connectivity index (χ1v) is 7.64. The van der Waals surface area contributed by atoms with Crippen LogP contribution in [0.5, 0.6) is 0 Å². The van der Waals surface area contributed by atoms with Crippen LogP contribution in [0.3, 0.4) is 0 Å². The van der Waals surface area contributed by atoms with Gasteiger partial charge in [0.2, 0.25) is 5.82 Å². The van der Waals surface area contributed by atoms with Crippen LogP contribution >= 0.6 is 0 Å². The quantitative estimate of drug-likeness (QED) is 0.275. The molecule has 9 heteroatoms. The Hall–Kier alpha value is -2.45. The van der Waals surface area contributed by atoms with Crippen molar-refractivity contribution >= 4 is 6.21 Å². The SMILES string of the molecule is CCCCCN=Cc1c(C)[nH]n(-c2c(F)c(F)c(F)c(F)c2F)c1=O. The van der Waals surface area contributed by atoms with Crippen LogP contribution in [0.25, 0.3) is 5.69 Å². The number of aromatic amines is 1. The number of unbranched alkanes of at least 4 members (excludes halogenated alkanes) is 2. The lowest BCUT2D eigenvalue weighted by Crippen LogP contribution is -2.21. The van der Waals surface area contributed by atoms with Crippen molar-refractivity contribution in [1.82, 2.24) is 9.78 Å². The molecule has 0 aliphatic heterocycles. The van der Waals surface area contributed by atoms with Gasteiger partial charge in [-0.3, -0.25) is 14.9 Å². The molecule has 1 aromatic heterocycles. The van der Waals surface area contributed by atoms with Crippen molar-refractivity contribution in [2.45, 2.75) is 33.1 Å². The summed E-state index contributed by atoms with van der Waals surface area (Å²) in [4.78, 5) is 16.3. The molecule has 0 amide bonds. The molecule has 0 radical (unpaired) electrons. The van der Waals surface area contributed by atoms with E-state index in [4.69, 9.17) is 0 Å². The summed E-state index contributed by atoms with van der Waals surface area (Å²) in [6.45, 7) is 3.90. The van der Waals surface area contributed by atoms with E-state index in [1.165, 1.54) is 13.1 Å². The monoisotopic (exact) mass is 361 g/mol. The number of hydrogen-bond acceptors (Lipinski definition) is 2. The van der Waals surface area contributed by atoms with E-state index in [0.29, 0.717) is 11.2 Å². The number of rotatable bonds is 6. The van der Waals surface area contributed by atoms with Gasteiger partial charge in [0.1, 0.15) is 5.69 Å². The van der Waals surface area contributed by atoms with E-state index in [9.17, 15) is 26.7 Å². The Labute approximate surface area is 140 Å². The minimum absolute atomic E-state index is 0.0135. The van der Waals surface area contributed by atoms with Gasteiger partial charge in [0.15, 0.2) is 23.3 Å². The molecule has 0 bridgehead atoms. The van der Waals surface area contributed by atoms with Crippen molar-refractivity contribution in [3.63, 3.8) is 0 Å². The number of aryl methyl sites for hydroxylation is 1. The Morgan fingerprint density at radius 3 is 2.12 bits per heavy atom. The van der Waals surface area contributed by atoms with Crippen LogP contribution in [0.15, 0.2) is 9.79 Å². The summed E-state index contributed by atoms with van der Waals surface area (Å²) >= 11 is 0. The van der Waals surface area contributed by atoms with Gasteiger partial charge in [-0.15, -0.1) is 0 Å². The summed E-state index contributed by atoms with van der Waals surface area (Å²) in [5.74, 6) is -10.7. The van der Waals surface area contributed by atoms with Crippen LogP contribution in [-0.4, -0.2) is 22.5 Å². The molecule has 25 heavy (non-hydrogen) atoms. The smallest absolute Gasteiger partial charge is 0.280 e. The van der Waals surface area contributed by atoms with E-state index in [1.807, 2.05) is 6.92 Å². The fourth-order valence-electron chi connectivity index (χ4n) is 2.27. The fourth-order valence-corrected chi connectivity index (χ4v) is 2.27. The molecular weight excluding hydrogens is 345 g/mol. The highest BCUT2D eigenvalue weighted by atomic mass is 19.2. The Morgan fingerprint density at radius 2 is 1.56 bits per heavy atom. The molecule has 136 valence electrons. The van der Waals surface area contributed by atoms with Crippen LogP contribution < -0.4 is 5.56 Å². The molecule has 1 aromatic carbocycles. The maximum Gasteiger partial charge on any atom is 0.280 e. The van der Waals surface area contributed by atoms with Gasteiger partial charge in [-0.2, -0.15) is 0 Å². The lowest BCUT2D eigenvalue weighted by atomic mass is 10.2. The van der Waals surface area contributed by atoms with Crippen molar-refractivity contribution in [2.24, 2.45) is 4.99 Å². The molecule has 0 saturated heterocycles. The molecule has 0 aliphatic rings. The molecule has 2 aromatic rings. The molecule has 0 spiro atoms. The van der Waals surface area contributed by atoms with Gasteiger partial charge in [0.25, 0.3) is 5.56 Å². The predicted molar refractivity (Wildman–Crippen MR) is 82.9 cm³/mol. The molecule has 0 fully saturated rings. The van der Waals surface area contributed by atoms with Gasteiger partial charge >= 0.3 is 0 Å². The minimum Gasteiger partial charge on any atom is -0.294 e. The van der Waals surface area contributed by atoms with E-state index in [0.717, 1.165) is 19.3 Å². The maximum atomic E-state index is 13.9. The van der Waals surface area contributed by atoms with E-state index >= 15 is 0 Å². The van der Waals surface area contributed by atoms with E-state index < -0.39 is 40.3 Å². The summed E-state index contributed by atoms with van der Waals surface area (Å²) in [5, 5.41) is 2.31. The van der Waals surface area contributed by atoms with Crippen molar-refractivity contribution < 1.29 is 22.0 Å². The molecule has 4 nitrogen and oxygen atoms in total. The second-order valence-electron chi connectivity index (χ2n) is 5.45. The third kappa shape index (κ3) is 3.49. The normalized spacial score (nSPS) is 11.6. The highest BCUT2D eigenvalue weighted by molar-refractivity contribution is 5.80. The second-order valence-corrected chi connectivity index (χ2v) is 5.45. The van der Waals surface area contributed by atoms with Crippen molar-refractivity contribution in [3.05, 3.63) is 50.7 Å². The number of H-pyrrole nitrogens is 1. The predicted octanol–water partition coefficient (Wildman–Crippen LogP) is 3.78. The maximum absolute atomic E-state index is 13.9. The summed E-state index contributed by atoms with van der Waals surface area (Å²) < 4.78 is 67.8. The van der Waals surface area contributed by atoms with Crippen molar-refractivity contribution in [1.29, 1.82) is 0 Å². The van der Waals surface area contributed by atoms with E-state index in [-0.39, 0.29) is 11.3 Å². The highest BCUT2D eigenvalue weighted by Crippen LogP contribution is 2.25. The van der Waals surface area contributed by atoms with Gasteiger partial charge in [-0.1, -0.05) is 19.8 Å².